The summed E-state index contributed by atoms with van der Waals surface area (Å²) < 4.78 is 1.86. The van der Waals surface area contributed by atoms with Crippen LogP contribution in [-0.4, -0.2) is 16.3 Å². The third-order valence-electron chi connectivity index (χ3n) is 2.17. The highest BCUT2D eigenvalue weighted by atomic mass is 35.5. The Hall–Kier alpha value is -1.32. The van der Waals surface area contributed by atoms with Crippen LogP contribution in [0.2, 0.25) is 5.02 Å². The van der Waals surface area contributed by atoms with E-state index in [1.807, 2.05) is 35.0 Å². The fraction of sp³-hybridized carbons (Fsp3) is 0.182. The summed E-state index contributed by atoms with van der Waals surface area (Å²) in [5, 5.41) is 4.96. The highest BCUT2D eigenvalue weighted by Crippen LogP contribution is 2.15. The second kappa shape index (κ2) is 4.47. The molecule has 0 saturated heterocycles. The number of rotatable bonds is 3. The molecule has 0 atom stereocenters. The number of aromatic nitrogens is 2. The van der Waals surface area contributed by atoms with Crippen molar-refractivity contribution < 1.29 is 0 Å². The van der Waals surface area contributed by atoms with Crippen LogP contribution in [0.1, 0.15) is 5.69 Å². The molecule has 0 aliphatic rings. The summed E-state index contributed by atoms with van der Waals surface area (Å²) in [4.78, 5) is 0. The van der Waals surface area contributed by atoms with Crippen LogP contribution >= 0.6 is 11.6 Å². The van der Waals surface area contributed by atoms with Crippen LogP contribution in [0.4, 0.5) is 0 Å². The Morgan fingerprint density at radius 2 is 2.20 bits per heavy atom. The average molecular weight is 222 g/mol. The van der Waals surface area contributed by atoms with Gasteiger partial charge in [0.2, 0.25) is 0 Å². The van der Waals surface area contributed by atoms with Gasteiger partial charge in [-0.05, 0) is 30.8 Å². The summed E-state index contributed by atoms with van der Waals surface area (Å²) in [6.45, 7) is 0.617. The Bertz CT molecular complexity index is 451. The summed E-state index contributed by atoms with van der Waals surface area (Å²) in [5.74, 6) is 0. The maximum Gasteiger partial charge on any atom is 0.0663 e. The molecule has 0 bridgehead atoms. The first-order valence-electron chi connectivity index (χ1n) is 4.80. The molecule has 2 N–H and O–H groups in total. The lowest BCUT2D eigenvalue weighted by Gasteiger charge is -2.06. The summed E-state index contributed by atoms with van der Waals surface area (Å²) in [6.07, 6.45) is 2.58. The zero-order valence-corrected chi connectivity index (χ0v) is 8.98. The molecule has 2 aromatic rings. The molecule has 15 heavy (non-hydrogen) atoms. The Kier molecular flexibility index (Phi) is 3.04. The molecule has 0 aliphatic heterocycles. The van der Waals surface area contributed by atoms with Gasteiger partial charge in [-0.3, -0.25) is 0 Å². The minimum atomic E-state index is 0.617. The highest BCUT2D eigenvalue weighted by molar-refractivity contribution is 6.30. The van der Waals surface area contributed by atoms with Crippen LogP contribution in [0.3, 0.4) is 0 Å². The molecule has 0 saturated carbocycles. The standard InChI is InChI=1S/C11H12ClN3/c12-9-2-1-3-11(8-9)15-10(4-6-13)5-7-14-15/h1-3,5,7-8H,4,6,13H2. The summed E-state index contributed by atoms with van der Waals surface area (Å²) in [7, 11) is 0. The SMILES string of the molecule is NCCc1ccnn1-c1cccc(Cl)c1. The number of nitrogens with two attached hydrogens (primary N) is 1. The lowest BCUT2D eigenvalue weighted by Crippen LogP contribution is -2.08. The van der Waals surface area contributed by atoms with Gasteiger partial charge in [-0.2, -0.15) is 5.10 Å². The van der Waals surface area contributed by atoms with E-state index in [0.717, 1.165) is 17.8 Å². The number of nitrogens with zero attached hydrogens (tertiary/aromatic N) is 2. The van der Waals surface area contributed by atoms with Crippen LogP contribution in [-0.2, 0) is 6.42 Å². The van der Waals surface area contributed by atoms with Gasteiger partial charge in [-0.25, -0.2) is 4.68 Å². The van der Waals surface area contributed by atoms with E-state index in [2.05, 4.69) is 5.10 Å². The molecule has 0 aliphatic carbocycles. The third kappa shape index (κ3) is 2.19. The zero-order valence-electron chi connectivity index (χ0n) is 8.23. The Labute approximate surface area is 93.5 Å². The number of hydrogen-bond acceptors (Lipinski definition) is 2. The third-order valence-corrected chi connectivity index (χ3v) is 2.41. The van der Waals surface area contributed by atoms with E-state index in [9.17, 15) is 0 Å². The number of benzene rings is 1. The van der Waals surface area contributed by atoms with E-state index in [4.69, 9.17) is 17.3 Å². The monoisotopic (exact) mass is 221 g/mol. The Balaban J connectivity index is 2.40. The van der Waals surface area contributed by atoms with Crippen molar-refractivity contribution in [3.63, 3.8) is 0 Å². The average Bonchev–Trinajstić information content (AvgIpc) is 2.66. The van der Waals surface area contributed by atoms with Crippen molar-refractivity contribution in [3.8, 4) is 5.69 Å². The van der Waals surface area contributed by atoms with Gasteiger partial charge < -0.3 is 5.73 Å². The van der Waals surface area contributed by atoms with Gasteiger partial charge in [-0.1, -0.05) is 17.7 Å². The number of halogens is 1. The van der Waals surface area contributed by atoms with Crippen molar-refractivity contribution in [1.82, 2.24) is 9.78 Å². The first-order valence-corrected chi connectivity index (χ1v) is 5.18. The molecule has 0 fully saturated rings. The van der Waals surface area contributed by atoms with E-state index in [-0.39, 0.29) is 0 Å². The van der Waals surface area contributed by atoms with Crippen molar-refractivity contribution in [1.29, 1.82) is 0 Å². The summed E-state index contributed by atoms with van der Waals surface area (Å²) in [5.41, 5.74) is 7.59. The first kappa shape index (κ1) is 10.2. The van der Waals surface area contributed by atoms with Gasteiger partial charge in [-0.15, -0.1) is 0 Å². The van der Waals surface area contributed by atoms with E-state index >= 15 is 0 Å². The molecule has 0 unspecified atom stereocenters. The van der Waals surface area contributed by atoms with E-state index in [1.54, 1.807) is 6.20 Å². The van der Waals surface area contributed by atoms with Gasteiger partial charge in [0.25, 0.3) is 0 Å². The Morgan fingerprint density at radius 3 is 2.93 bits per heavy atom. The molecule has 0 amide bonds. The Morgan fingerprint density at radius 1 is 1.33 bits per heavy atom. The molecule has 78 valence electrons. The second-order valence-corrected chi connectivity index (χ2v) is 3.69. The second-order valence-electron chi connectivity index (χ2n) is 3.25. The fourth-order valence-corrected chi connectivity index (χ4v) is 1.69. The largest absolute Gasteiger partial charge is 0.330 e. The molecule has 1 heterocycles. The molecule has 0 spiro atoms. The van der Waals surface area contributed by atoms with Gasteiger partial charge in [0.1, 0.15) is 0 Å². The number of hydrogen-bond donors (Lipinski definition) is 1. The van der Waals surface area contributed by atoms with Crippen LogP contribution in [0.5, 0.6) is 0 Å². The maximum atomic E-state index is 5.93. The molecule has 1 aromatic carbocycles. The van der Waals surface area contributed by atoms with Gasteiger partial charge in [0, 0.05) is 23.3 Å². The fourth-order valence-electron chi connectivity index (χ4n) is 1.51. The van der Waals surface area contributed by atoms with Crippen molar-refractivity contribution in [2.45, 2.75) is 6.42 Å². The lowest BCUT2D eigenvalue weighted by atomic mass is 10.3. The van der Waals surface area contributed by atoms with Crippen LogP contribution in [0, 0.1) is 0 Å². The van der Waals surface area contributed by atoms with E-state index in [1.165, 1.54) is 0 Å². The smallest absolute Gasteiger partial charge is 0.0663 e. The summed E-state index contributed by atoms with van der Waals surface area (Å²) >= 11 is 5.93. The van der Waals surface area contributed by atoms with Crippen molar-refractivity contribution >= 4 is 11.6 Å². The lowest BCUT2D eigenvalue weighted by molar-refractivity contribution is 0.791. The van der Waals surface area contributed by atoms with Crippen molar-refractivity contribution in [2.24, 2.45) is 5.73 Å². The first-order chi connectivity index (χ1) is 7.31. The minimum absolute atomic E-state index is 0.617. The molecule has 2 rings (SSSR count). The van der Waals surface area contributed by atoms with Crippen LogP contribution in [0.15, 0.2) is 36.5 Å². The van der Waals surface area contributed by atoms with E-state index < -0.39 is 0 Å². The minimum Gasteiger partial charge on any atom is -0.330 e. The summed E-state index contributed by atoms with van der Waals surface area (Å²) in [6, 6.07) is 9.57. The molecule has 1 aromatic heterocycles. The quantitative estimate of drug-likeness (QED) is 0.862. The van der Waals surface area contributed by atoms with Crippen LogP contribution < -0.4 is 5.73 Å². The predicted octanol–water partition coefficient (Wildman–Crippen LogP) is 2.03. The normalized spacial score (nSPS) is 10.5. The van der Waals surface area contributed by atoms with Crippen molar-refractivity contribution in [2.75, 3.05) is 6.54 Å². The maximum absolute atomic E-state index is 5.93. The van der Waals surface area contributed by atoms with E-state index in [0.29, 0.717) is 11.6 Å². The molecule has 4 heteroatoms. The highest BCUT2D eigenvalue weighted by Gasteiger charge is 2.03. The molecular formula is C11H12ClN3. The van der Waals surface area contributed by atoms with Gasteiger partial charge >= 0.3 is 0 Å². The van der Waals surface area contributed by atoms with Crippen LogP contribution in [0.25, 0.3) is 5.69 Å². The zero-order chi connectivity index (χ0) is 10.7. The molecule has 3 nitrogen and oxygen atoms in total. The van der Waals surface area contributed by atoms with Gasteiger partial charge in [0.15, 0.2) is 0 Å². The van der Waals surface area contributed by atoms with Crippen molar-refractivity contribution in [3.05, 3.63) is 47.2 Å². The predicted molar refractivity (Wildman–Crippen MR) is 61.3 cm³/mol. The topological polar surface area (TPSA) is 43.8 Å². The van der Waals surface area contributed by atoms with Gasteiger partial charge in [0.05, 0.1) is 5.69 Å². The molecule has 0 radical (unpaired) electrons. The molecular weight excluding hydrogens is 210 g/mol.